The molecule has 2 heterocycles. The van der Waals surface area contributed by atoms with Gasteiger partial charge in [0.05, 0.1) is 31.0 Å². The molecule has 1 saturated carbocycles. The van der Waals surface area contributed by atoms with Gasteiger partial charge >= 0.3 is 0 Å². The van der Waals surface area contributed by atoms with Crippen LogP contribution in [0.4, 0.5) is 0 Å². The van der Waals surface area contributed by atoms with Crippen LogP contribution in [0.1, 0.15) is 37.7 Å². The van der Waals surface area contributed by atoms with E-state index in [1.165, 1.54) is 11.8 Å². The lowest BCUT2D eigenvalue weighted by atomic mass is 9.93. The Kier molecular flexibility index (Phi) is 4.78. The molecule has 1 aromatic heterocycles. The first kappa shape index (κ1) is 17.2. The molecule has 1 aromatic carbocycles. The average molecular weight is 355 g/mol. The quantitative estimate of drug-likeness (QED) is 0.914. The molecule has 6 nitrogen and oxygen atoms in total. The van der Waals surface area contributed by atoms with Crippen LogP contribution < -0.4 is 16.0 Å². The number of aryl methyl sites for hydroxylation is 1. The van der Waals surface area contributed by atoms with Crippen LogP contribution in [0.3, 0.4) is 0 Å². The zero-order chi connectivity index (χ0) is 18.1. The molecule has 2 aliphatic rings. The minimum Gasteiger partial charge on any atom is -0.488 e. The van der Waals surface area contributed by atoms with Gasteiger partial charge in [-0.2, -0.15) is 0 Å². The highest BCUT2D eigenvalue weighted by Gasteiger charge is 2.22. The average Bonchev–Trinajstić information content (AvgIpc) is 2.67. The van der Waals surface area contributed by atoms with Crippen LogP contribution in [-0.4, -0.2) is 34.9 Å². The first-order valence-electron chi connectivity index (χ1n) is 9.31. The number of rotatable bonds is 3. The summed E-state index contributed by atoms with van der Waals surface area (Å²) in [5.74, 6) is 0.734. The van der Waals surface area contributed by atoms with Gasteiger partial charge in [0, 0.05) is 13.1 Å². The van der Waals surface area contributed by atoms with E-state index in [0.29, 0.717) is 6.61 Å². The first-order chi connectivity index (χ1) is 12.6. The Morgan fingerprint density at radius 1 is 1.27 bits per heavy atom. The predicted molar refractivity (Wildman–Crippen MR) is 101 cm³/mol. The van der Waals surface area contributed by atoms with Crippen LogP contribution in [0.25, 0.3) is 16.6 Å². The number of ether oxygens (including phenoxy) is 2. The molecule has 0 radical (unpaired) electrons. The monoisotopic (exact) mass is 355 g/mol. The Balaban J connectivity index is 1.78. The number of benzene rings is 1. The van der Waals surface area contributed by atoms with Gasteiger partial charge in [0.25, 0.3) is 5.56 Å². The summed E-state index contributed by atoms with van der Waals surface area (Å²) in [6.07, 6.45) is 8.31. The molecule has 1 fully saturated rings. The van der Waals surface area contributed by atoms with Crippen LogP contribution in [-0.2, 0) is 11.8 Å². The summed E-state index contributed by atoms with van der Waals surface area (Å²) in [5, 5.41) is 0. The van der Waals surface area contributed by atoms with E-state index >= 15 is 0 Å². The van der Waals surface area contributed by atoms with Crippen LogP contribution >= 0.6 is 0 Å². The highest BCUT2D eigenvalue weighted by molar-refractivity contribution is 5.86. The predicted octanol–water partition coefficient (Wildman–Crippen LogP) is 2.39. The Hall–Kier alpha value is -2.18. The van der Waals surface area contributed by atoms with Crippen molar-refractivity contribution in [3.8, 4) is 5.75 Å². The van der Waals surface area contributed by atoms with Crippen LogP contribution in [0.15, 0.2) is 29.2 Å². The van der Waals surface area contributed by atoms with E-state index in [1.807, 2.05) is 6.07 Å². The largest absolute Gasteiger partial charge is 0.488 e. The third-order valence-electron chi connectivity index (χ3n) is 5.38. The lowest BCUT2D eigenvalue weighted by Gasteiger charge is -2.27. The van der Waals surface area contributed by atoms with Crippen LogP contribution in [0.5, 0.6) is 5.75 Å². The standard InChI is InChI=1S/C20H25N3O3/c1-23-19(24)12-22-17-10-14(13-6-8-25-9-7-13)11-18(20(17)23)26-16-4-2-15(21)3-5-16/h6,10-12,15-16H,2-5,7-9,21H2,1H3/t15-,16+. The summed E-state index contributed by atoms with van der Waals surface area (Å²) in [7, 11) is 1.77. The van der Waals surface area contributed by atoms with Crippen molar-refractivity contribution in [3.63, 3.8) is 0 Å². The molecule has 1 aliphatic carbocycles. The van der Waals surface area contributed by atoms with E-state index in [-0.39, 0.29) is 17.7 Å². The lowest BCUT2D eigenvalue weighted by molar-refractivity contribution is 0.148. The second-order valence-corrected chi connectivity index (χ2v) is 7.21. The van der Waals surface area contributed by atoms with Gasteiger partial charge in [0.15, 0.2) is 0 Å². The molecule has 26 heavy (non-hydrogen) atoms. The second kappa shape index (κ2) is 7.21. The maximum Gasteiger partial charge on any atom is 0.269 e. The zero-order valence-corrected chi connectivity index (χ0v) is 15.1. The number of aromatic nitrogens is 2. The molecule has 0 saturated heterocycles. The molecule has 0 amide bonds. The minimum absolute atomic E-state index is 0.132. The maximum absolute atomic E-state index is 12.1. The summed E-state index contributed by atoms with van der Waals surface area (Å²) in [4.78, 5) is 16.5. The number of fused-ring (bicyclic) bond motifs is 1. The van der Waals surface area contributed by atoms with Gasteiger partial charge < -0.3 is 19.8 Å². The highest BCUT2D eigenvalue weighted by atomic mass is 16.5. The smallest absolute Gasteiger partial charge is 0.269 e. The normalized spacial score (nSPS) is 23.7. The van der Waals surface area contributed by atoms with Gasteiger partial charge in [-0.1, -0.05) is 6.08 Å². The molecular weight excluding hydrogens is 330 g/mol. The molecular formula is C20H25N3O3. The second-order valence-electron chi connectivity index (χ2n) is 7.21. The first-order valence-corrected chi connectivity index (χ1v) is 9.31. The Bertz CT molecular complexity index is 895. The molecule has 138 valence electrons. The highest BCUT2D eigenvalue weighted by Crippen LogP contribution is 2.33. The van der Waals surface area contributed by atoms with Crippen molar-refractivity contribution in [1.82, 2.24) is 9.55 Å². The van der Waals surface area contributed by atoms with Crippen LogP contribution in [0.2, 0.25) is 0 Å². The van der Waals surface area contributed by atoms with Crippen LogP contribution in [0, 0.1) is 0 Å². The lowest BCUT2D eigenvalue weighted by Crippen LogP contribution is -2.32. The minimum atomic E-state index is -0.133. The molecule has 0 atom stereocenters. The van der Waals surface area contributed by atoms with Gasteiger partial charge in [0.2, 0.25) is 0 Å². The maximum atomic E-state index is 12.1. The van der Waals surface area contributed by atoms with Gasteiger partial charge in [-0.15, -0.1) is 0 Å². The van der Waals surface area contributed by atoms with Crippen molar-refractivity contribution >= 4 is 16.6 Å². The van der Waals surface area contributed by atoms with Crippen molar-refractivity contribution in [2.45, 2.75) is 44.2 Å². The molecule has 0 spiro atoms. The summed E-state index contributed by atoms with van der Waals surface area (Å²) >= 11 is 0. The topological polar surface area (TPSA) is 79.4 Å². The van der Waals surface area contributed by atoms with E-state index in [9.17, 15) is 4.79 Å². The zero-order valence-electron chi connectivity index (χ0n) is 15.1. The Morgan fingerprint density at radius 3 is 2.81 bits per heavy atom. The number of nitrogens with two attached hydrogens (primary N) is 1. The van der Waals surface area contributed by atoms with Gasteiger partial charge in [-0.05, 0) is 55.4 Å². The fourth-order valence-corrected chi connectivity index (χ4v) is 3.80. The van der Waals surface area contributed by atoms with Crippen molar-refractivity contribution in [3.05, 3.63) is 40.3 Å². The van der Waals surface area contributed by atoms with E-state index in [1.54, 1.807) is 11.6 Å². The van der Waals surface area contributed by atoms with Crippen molar-refractivity contribution in [1.29, 1.82) is 0 Å². The summed E-state index contributed by atoms with van der Waals surface area (Å²) < 4.78 is 13.4. The van der Waals surface area contributed by atoms with E-state index in [0.717, 1.165) is 61.1 Å². The third kappa shape index (κ3) is 3.39. The Labute approximate surface area is 152 Å². The Morgan fingerprint density at radius 2 is 2.08 bits per heavy atom. The van der Waals surface area contributed by atoms with Gasteiger partial charge in [-0.25, -0.2) is 4.98 Å². The molecule has 2 N–H and O–H groups in total. The molecule has 2 aromatic rings. The summed E-state index contributed by atoms with van der Waals surface area (Å²) in [5.41, 5.74) is 9.75. The van der Waals surface area contributed by atoms with Crippen molar-refractivity contribution < 1.29 is 9.47 Å². The van der Waals surface area contributed by atoms with E-state index < -0.39 is 0 Å². The van der Waals surface area contributed by atoms with E-state index in [2.05, 4.69) is 17.1 Å². The molecule has 0 bridgehead atoms. The fraction of sp³-hybridized carbons (Fsp3) is 0.500. The molecule has 1 aliphatic heterocycles. The summed E-state index contributed by atoms with van der Waals surface area (Å²) in [6.45, 7) is 1.35. The SMILES string of the molecule is Cn1c(=O)cnc2cc(C3=CCOCC3)cc(O[C@H]3CC[C@@H](N)CC3)c21. The molecule has 0 unspecified atom stereocenters. The fourth-order valence-electron chi connectivity index (χ4n) is 3.80. The van der Waals surface area contributed by atoms with E-state index in [4.69, 9.17) is 15.2 Å². The molecule has 4 rings (SSSR count). The third-order valence-corrected chi connectivity index (χ3v) is 5.38. The summed E-state index contributed by atoms with van der Waals surface area (Å²) in [6, 6.07) is 4.36. The van der Waals surface area contributed by atoms with Crippen molar-refractivity contribution in [2.75, 3.05) is 13.2 Å². The molecule has 6 heteroatoms. The number of hydrogen-bond acceptors (Lipinski definition) is 5. The van der Waals surface area contributed by atoms with Gasteiger partial charge in [0.1, 0.15) is 11.3 Å². The number of hydrogen-bond donors (Lipinski definition) is 1. The van der Waals surface area contributed by atoms with Crippen molar-refractivity contribution in [2.24, 2.45) is 12.8 Å². The number of nitrogens with zero attached hydrogens (tertiary/aromatic N) is 2. The van der Waals surface area contributed by atoms with Gasteiger partial charge in [-0.3, -0.25) is 4.79 Å².